The number of pyridine rings is 1. The zero-order chi connectivity index (χ0) is 35.4. The first kappa shape index (κ1) is 34.0. The summed E-state index contributed by atoms with van der Waals surface area (Å²) in [6.45, 7) is 2.40. The molecule has 0 radical (unpaired) electrons. The van der Waals surface area contributed by atoms with Gasteiger partial charge in [0.15, 0.2) is 17.1 Å². The number of hydrogen-bond acceptors (Lipinski definition) is 8. The number of methoxy groups -OCH3 is 1. The first-order valence-corrected chi connectivity index (χ1v) is 16.1. The molecule has 1 aromatic heterocycles. The minimum absolute atomic E-state index is 0.0509. The van der Waals surface area contributed by atoms with Gasteiger partial charge in [0.2, 0.25) is 0 Å². The Morgan fingerprint density at radius 3 is 2.38 bits per heavy atom. The summed E-state index contributed by atoms with van der Waals surface area (Å²) in [6, 6.07) is 18.7. The monoisotopic (exact) mass is 684 g/mol. The third-order valence-corrected chi connectivity index (χ3v) is 8.89. The van der Waals surface area contributed by atoms with Crippen LogP contribution in [-0.4, -0.2) is 66.1 Å². The maximum Gasteiger partial charge on any atom is 0.264 e. The number of nitrogens with zero attached hydrogens (tertiary/aromatic N) is 2. The van der Waals surface area contributed by atoms with Crippen LogP contribution in [0.4, 0.5) is 4.39 Å². The molecule has 12 nitrogen and oxygen atoms in total. The van der Waals surface area contributed by atoms with E-state index in [9.17, 15) is 23.6 Å². The van der Waals surface area contributed by atoms with Gasteiger partial charge in [0.05, 0.1) is 13.7 Å². The van der Waals surface area contributed by atoms with Crippen LogP contribution in [0.3, 0.4) is 0 Å². The van der Waals surface area contributed by atoms with E-state index in [1.54, 1.807) is 67.4 Å². The van der Waals surface area contributed by atoms with Crippen molar-refractivity contribution in [3.05, 3.63) is 111 Å². The molecule has 0 aliphatic carbocycles. The van der Waals surface area contributed by atoms with Gasteiger partial charge < -0.3 is 39.0 Å². The molecule has 4 aromatic rings. The summed E-state index contributed by atoms with van der Waals surface area (Å²) in [7, 11) is 3.06. The van der Waals surface area contributed by atoms with Gasteiger partial charge in [-0.3, -0.25) is 19.2 Å². The summed E-state index contributed by atoms with van der Waals surface area (Å²) < 4.78 is 39.9. The molecule has 3 amide bonds. The molecular formula is C37H37FN4O8. The highest BCUT2D eigenvalue weighted by atomic mass is 19.1. The Balaban J connectivity index is 1.28. The Labute approximate surface area is 287 Å². The Bertz CT molecular complexity index is 1990. The van der Waals surface area contributed by atoms with Crippen LogP contribution in [0.25, 0.3) is 0 Å². The third-order valence-electron chi connectivity index (χ3n) is 8.89. The molecule has 260 valence electrons. The first-order valence-electron chi connectivity index (χ1n) is 16.1. The second-order valence-electron chi connectivity index (χ2n) is 12.2. The van der Waals surface area contributed by atoms with Gasteiger partial charge in [-0.05, 0) is 79.2 Å². The van der Waals surface area contributed by atoms with Crippen molar-refractivity contribution >= 4 is 17.7 Å². The molecule has 50 heavy (non-hydrogen) atoms. The van der Waals surface area contributed by atoms with Crippen LogP contribution in [0.15, 0.2) is 77.6 Å². The van der Waals surface area contributed by atoms with Crippen molar-refractivity contribution in [1.29, 1.82) is 0 Å². The average Bonchev–Trinajstić information content (AvgIpc) is 3.11. The minimum Gasteiger partial charge on any atom is -0.493 e. The van der Waals surface area contributed by atoms with Gasteiger partial charge in [-0.15, -0.1) is 0 Å². The third kappa shape index (κ3) is 7.26. The minimum atomic E-state index is -1.39. The van der Waals surface area contributed by atoms with Crippen LogP contribution >= 0.6 is 0 Å². The maximum atomic E-state index is 14.9. The van der Waals surface area contributed by atoms with Crippen LogP contribution in [0.5, 0.6) is 28.7 Å². The van der Waals surface area contributed by atoms with Crippen molar-refractivity contribution < 1.29 is 37.7 Å². The van der Waals surface area contributed by atoms with Crippen LogP contribution < -0.4 is 35.1 Å². The molecule has 3 aliphatic heterocycles. The van der Waals surface area contributed by atoms with Gasteiger partial charge in [-0.2, -0.15) is 0 Å². The summed E-state index contributed by atoms with van der Waals surface area (Å²) >= 11 is 0. The molecule has 4 heterocycles. The van der Waals surface area contributed by atoms with Crippen LogP contribution in [-0.2, 0) is 18.4 Å². The zero-order valence-corrected chi connectivity index (χ0v) is 27.9. The number of nitrogens with one attached hydrogen (secondary N) is 2. The van der Waals surface area contributed by atoms with Gasteiger partial charge in [0.1, 0.15) is 35.2 Å². The molecule has 1 saturated heterocycles. The lowest BCUT2D eigenvalue weighted by Crippen LogP contribution is -2.58. The van der Waals surface area contributed by atoms with E-state index in [-0.39, 0.29) is 68.6 Å². The fourth-order valence-electron chi connectivity index (χ4n) is 5.92. The molecule has 3 aliphatic rings. The average molecular weight is 685 g/mol. The van der Waals surface area contributed by atoms with Gasteiger partial charge in [0.25, 0.3) is 23.3 Å². The van der Waals surface area contributed by atoms with Crippen molar-refractivity contribution in [2.24, 2.45) is 7.05 Å². The number of likely N-dealkylation sites (tertiary alicyclic amines) is 1. The quantitative estimate of drug-likeness (QED) is 0.322. The Hall–Kier alpha value is -5.85. The number of aryl methyl sites for hydroxylation is 1. The lowest BCUT2D eigenvalue weighted by molar-refractivity contribution is -0.141. The Morgan fingerprint density at radius 2 is 1.64 bits per heavy atom. The number of piperidine rings is 1. The maximum absolute atomic E-state index is 14.9. The second-order valence-corrected chi connectivity index (χ2v) is 12.2. The molecule has 0 saturated carbocycles. The fraction of sp³-hybridized carbons (Fsp3) is 0.297. The molecule has 0 atom stereocenters. The molecule has 0 unspecified atom stereocenters. The molecule has 7 rings (SSSR count). The zero-order valence-electron chi connectivity index (χ0n) is 27.9. The fourth-order valence-corrected chi connectivity index (χ4v) is 5.92. The van der Waals surface area contributed by atoms with Crippen LogP contribution in [0.1, 0.15) is 44.8 Å². The normalized spacial score (nSPS) is 16.2. The molecule has 1 spiro atoms. The standard InChI is InChI=1S/C37H37FN4O8/c1-23-4-10-30(34(44)41(23)2)35(45)42-15-12-37(13-16-42)36(46)40-22-24-18-26(38)21-29(19-24)49-32-20-25(5-11-31(32)47-3)33(43)39-14-17-48-27-6-8-28(50-37)9-7-27/h4-11,18-21H,12-17,22H2,1-3H3,(H,39,43)(H,40,46). The molecule has 6 bridgehead atoms. The Morgan fingerprint density at radius 1 is 0.900 bits per heavy atom. The van der Waals surface area contributed by atoms with E-state index in [0.29, 0.717) is 28.4 Å². The topological polar surface area (TPSA) is 137 Å². The van der Waals surface area contributed by atoms with E-state index < -0.39 is 28.8 Å². The summed E-state index contributed by atoms with van der Waals surface area (Å²) in [5.41, 5.74) is -0.294. The highest BCUT2D eigenvalue weighted by Gasteiger charge is 2.45. The van der Waals surface area contributed by atoms with E-state index in [1.807, 2.05) is 0 Å². The van der Waals surface area contributed by atoms with Gasteiger partial charge in [-0.1, -0.05) is 0 Å². The van der Waals surface area contributed by atoms with E-state index >= 15 is 0 Å². The predicted molar refractivity (Wildman–Crippen MR) is 181 cm³/mol. The highest BCUT2D eigenvalue weighted by Crippen LogP contribution is 2.34. The summed E-state index contributed by atoms with van der Waals surface area (Å²) in [5, 5.41) is 5.69. The summed E-state index contributed by atoms with van der Waals surface area (Å²) in [4.78, 5) is 54.7. The van der Waals surface area contributed by atoms with Crippen molar-refractivity contribution in [2.45, 2.75) is 31.9 Å². The predicted octanol–water partition coefficient (Wildman–Crippen LogP) is 4.13. The number of benzene rings is 3. The van der Waals surface area contributed by atoms with Crippen molar-refractivity contribution in [3.8, 4) is 28.7 Å². The summed E-state index contributed by atoms with van der Waals surface area (Å²) in [5.74, 6) is -0.258. The Kier molecular flexibility index (Phi) is 9.75. The number of ether oxygens (including phenoxy) is 4. The molecular weight excluding hydrogens is 647 g/mol. The first-order chi connectivity index (χ1) is 24.0. The number of hydrogen-bond donors (Lipinski definition) is 2. The number of amides is 3. The lowest BCUT2D eigenvalue weighted by atomic mass is 9.89. The van der Waals surface area contributed by atoms with E-state index in [4.69, 9.17) is 18.9 Å². The van der Waals surface area contributed by atoms with Gasteiger partial charge in [0, 0.05) is 56.8 Å². The number of halogens is 1. The van der Waals surface area contributed by atoms with E-state index in [0.717, 1.165) is 5.69 Å². The number of carbonyl (C=O) groups excluding carboxylic acids is 3. The summed E-state index contributed by atoms with van der Waals surface area (Å²) in [6.07, 6.45) is 0.255. The molecule has 13 heteroatoms. The van der Waals surface area contributed by atoms with Crippen molar-refractivity contribution in [2.75, 3.05) is 33.4 Å². The number of fused-ring (bicyclic) bond motifs is 8. The largest absolute Gasteiger partial charge is 0.493 e. The van der Waals surface area contributed by atoms with Crippen molar-refractivity contribution in [3.63, 3.8) is 0 Å². The highest BCUT2D eigenvalue weighted by molar-refractivity contribution is 5.95. The SMILES string of the molecule is COc1ccc2cc1Oc1cc(F)cc(c1)CNC(=O)C1(CCN(C(=O)c3ccc(C)n(C)c3=O)CC1)Oc1ccc(cc1)OCCNC2=O. The smallest absolute Gasteiger partial charge is 0.264 e. The second kappa shape index (κ2) is 14.3. The molecule has 3 aromatic carbocycles. The van der Waals surface area contributed by atoms with Crippen molar-refractivity contribution in [1.82, 2.24) is 20.1 Å². The van der Waals surface area contributed by atoms with Gasteiger partial charge >= 0.3 is 0 Å². The number of rotatable bonds is 2. The number of carbonyl (C=O) groups is 3. The number of aromatic nitrogens is 1. The van der Waals surface area contributed by atoms with E-state index in [1.165, 1.54) is 35.9 Å². The van der Waals surface area contributed by atoms with Crippen LogP contribution in [0, 0.1) is 12.7 Å². The molecule has 1 fully saturated rings. The molecule has 2 N–H and O–H groups in total. The lowest BCUT2D eigenvalue weighted by Gasteiger charge is -2.40. The van der Waals surface area contributed by atoms with E-state index in [2.05, 4.69) is 10.6 Å². The van der Waals surface area contributed by atoms with Gasteiger partial charge in [-0.25, -0.2) is 4.39 Å². The van der Waals surface area contributed by atoms with Crippen LogP contribution in [0.2, 0.25) is 0 Å².